The summed E-state index contributed by atoms with van der Waals surface area (Å²) in [6.07, 6.45) is 7.06. The van der Waals surface area contributed by atoms with Gasteiger partial charge >= 0.3 is 0 Å². The quantitative estimate of drug-likeness (QED) is 0.791. The Hall–Kier alpha value is -2.96. The maximum Gasteiger partial charge on any atom is 0.243 e. The van der Waals surface area contributed by atoms with Gasteiger partial charge in [-0.25, -0.2) is 9.97 Å². The Kier molecular flexibility index (Phi) is 4.05. The van der Waals surface area contributed by atoms with Crippen LogP contribution in [0.1, 0.15) is 24.6 Å². The fourth-order valence-electron chi connectivity index (χ4n) is 3.41. The van der Waals surface area contributed by atoms with Crippen molar-refractivity contribution < 1.29 is 4.79 Å². The molecule has 7 heteroatoms. The lowest BCUT2D eigenvalue weighted by Gasteiger charge is -2.24. The molecule has 0 radical (unpaired) electrons. The lowest BCUT2D eigenvalue weighted by molar-refractivity contribution is -0.132. The highest BCUT2D eigenvalue weighted by Gasteiger charge is 2.31. The van der Waals surface area contributed by atoms with Gasteiger partial charge in [0.1, 0.15) is 12.4 Å². The van der Waals surface area contributed by atoms with E-state index in [0.29, 0.717) is 0 Å². The van der Waals surface area contributed by atoms with Gasteiger partial charge in [-0.3, -0.25) is 9.78 Å². The summed E-state index contributed by atoms with van der Waals surface area (Å²) >= 11 is 0. The van der Waals surface area contributed by atoms with E-state index in [1.165, 1.54) is 0 Å². The summed E-state index contributed by atoms with van der Waals surface area (Å²) in [5, 5.41) is 3.00. The molecule has 3 heterocycles. The van der Waals surface area contributed by atoms with Crippen LogP contribution in [0.15, 0.2) is 43.0 Å². The van der Waals surface area contributed by atoms with Gasteiger partial charge < -0.3 is 14.8 Å². The van der Waals surface area contributed by atoms with Crippen LogP contribution in [0.3, 0.4) is 0 Å². The van der Waals surface area contributed by atoms with E-state index in [2.05, 4.69) is 20.3 Å². The number of anilines is 1. The lowest BCUT2D eigenvalue weighted by Crippen LogP contribution is -2.33. The molecule has 1 aromatic carbocycles. The summed E-state index contributed by atoms with van der Waals surface area (Å²) in [5.41, 5.74) is 2.72. The number of para-hydroxylation sites is 2. The number of nitrogens with zero attached hydrogens (tertiary/aromatic N) is 5. The number of rotatable bonds is 4. The van der Waals surface area contributed by atoms with Crippen LogP contribution in [0.2, 0.25) is 0 Å². The molecule has 0 saturated carbocycles. The average Bonchev–Trinajstić information content (AvgIpc) is 3.29. The van der Waals surface area contributed by atoms with E-state index in [0.717, 1.165) is 41.9 Å². The first-order valence-electron chi connectivity index (χ1n) is 8.45. The zero-order valence-corrected chi connectivity index (χ0v) is 14.1. The van der Waals surface area contributed by atoms with E-state index in [1.54, 1.807) is 18.7 Å². The van der Waals surface area contributed by atoms with Gasteiger partial charge in [-0.15, -0.1) is 0 Å². The van der Waals surface area contributed by atoms with E-state index in [9.17, 15) is 4.79 Å². The third-order valence-corrected chi connectivity index (χ3v) is 4.66. The van der Waals surface area contributed by atoms with Crippen molar-refractivity contribution in [3.63, 3.8) is 0 Å². The second-order valence-corrected chi connectivity index (χ2v) is 6.19. The molecule has 0 aliphatic carbocycles. The Morgan fingerprint density at radius 1 is 1.32 bits per heavy atom. The van der Waals surface area contributed by atoms with Crippen LogP contribution in [0, 0.1) is 0 Å². The number of hydrogen-bond acceptors (Lipinski definition) is 5. The Morgan fingerprint density at radius 3 is 3.08 bits per heavy atom. The topological polar surface area (TPSA) is 75.9 Å². The highest BCUT2D eigenvalue weighted by atomic mass is 16.2. The third-order valence-electron chi connectivity index (χ3n) is 4.66. The van der Waals surface area contributed by atoms with Crippen molar-refractivity contribution >= 4 is 22.8 Å². The number of amides is 1. The van der Waals surface area contributed by atoms with Crippen LogP contribution in [-0.2, 0) is 11.3 Å². The highest BCUT2D eigenvalue weighted by Crippen LogP contribution is 2.31. The molecule has 128 valence electrons. The number of aromatic nitrogens is 4. The monoisotopic (exact) mass is 336 g/mol. The zero-order valence-electron chi connectivity index (χ0n) is 14.1. The Bertz CT molecular complexity index is 905. The first-order chi connectivity index (χ1) is 12.3. The van der Waals surface area contributed by atoms with E-state index in [4.69, 9.17) is 0 Å². The summed E-state index contributed by atoms with van der Waals surface area (Å²) in [7, 11) is 1.81. The van der Waals surface area contributed by atoms with Crippen molar-refractivity contribution in [2.75, 3.05) is 18.9 Å². The molecule has 7 nitrogen and oxygen atoms in total. The predicted molar refractivity (Wildman–Crippen MR) is 95.0 cm³/mol. The van der Waals surface area contributed by atoms with Crippen LogP contribution in [-0.4, -0.2) is 43.9 Å². The molecule has 3 aromatic rings. The third kappa shape index (κ3) is 2.93. The van der Waals surface area contributed by atoms with Crippen molar-refractivity contribution in [2.45, 2.75) is 25.4 Å². The molecule has 1 amide bonds. The van der Waals surface area contributed by atoms with Gasteiger partial charge in [0.05, 0.1) is 41.5 Å². The molecule has 1 aliphatic rings. The summed E-state index contributed by atoms with van der Waals surface area (Å²) in [5.74, 6) is 0.805. The van der Waals surface area contributed by atoms with Crippen molar-refractivity contribution in [2.24, 2.45) is 0 Å². The molecule has 1 aliphatic heterocycles. The van der Waals surface area contributed by atoms with Gasteiger partial charge in [0, 0.05) is 13.6 Å². The maximum atomic E-state index is 12.9. The van der Waals surface area contributed by atoms with Gasteiger partial charge in [0.25, 0.3) is 0 Å². The molecule has 2 aromatic heterocycles. The van der Waals surface area contributed by atoms with Crippen LogP contribution < -0.4 is 5.32 Å². The predicted octanol–water partition coefficient (Wildman–Crippen LogP) is 2.23. The zero-order chi connectivity index (χ0) is 17.2. The van der Waals surface area contributed by atoms with Gasteiger partial charge in [0.2, 0.25) is 5.91 Å². The van der Waals surface area contributed by atoms with Crippen LogP contribution in [0.4, 0.5) is 5.82 Å². The van der Waals surface area contributed by atoms with E-state index >= 15 is 0 Å². The molecular formula is C18H20N6O. The lowest BCUT2D eigenvalue weighted by atomic mass is 10.1. The molecule has 0 spiro atoms. The van der Waals surface area contributed by atoms with Crippen LogP contribution in [0.5, 0.6) is 0 Å². The van der Waals surface area contributed by atoms with Crippen molar-refractivity contribution in [1.29, 1.82) is 0 Å². The summed E-state index contributed by atoms with van der Waals surface area (Å²) in [6, 6.07) is 7.84. The van der Waals surface area contributed by atoms with Gasteiger partial charge in [-0.1, -0.05) is 12.1 Å². The fraction of sp³-hybridized carbons (Fsp3) is 0.333. The number of likely N-dealkylation sites (tertiary alicyclic amines) is 1. The molecule has 4 rings (SSSR count). The molecule has 1 N–H and O–H groups in total. The minimum Gasteiger partial charge on any atom is -0.372 e. The fourth-order valence-corrected chi connectivity index (χ4v) is 3.41. The summed E-state index contributed by atoms with van der Waals surface area (Å²) < 4.78 is 1.91. The van der Waals surface area contributed by atoms with E-state index < -0.39 is 0 Å². The first-order valence-corrected chi connectivity index (χ1v) is 8.45. The largest absolute Gasteiger partial charge is 0.372 e. The second-order valence-electron chi connectivity index (χ2n) is 6.19. The van der Waals surface area contributed by atoms with Gasteiger partial charge in [0.15, 0.2) is 0 Å². The first kappa shape index (κ1) is 15.6. The molecule has 25 heavy (non-hydrogen) atoms. The summed E-state index contributed by atoms with van der Waals surface area (Å²) in [4.78, 5) is 28.0. The van der Waals surface area contributed by atoms with E-state index in [1.807, 2.05) is 40.8 Å². The highest BCUT2D eigenvalue weighted by molar-refractivity contribution is 5.81. The van der Waals surface area contributed by atoms with E-state index in [-0.39, 0.29) is 18.5 Å². The van der Waals surface area contributed by atoms with Crippen molar-refractivity contribution in [1.82, 2.24) is 24.4 Å². The number of nitrogens with one attached hydrogen (secondary N) is 1. The standard InChI is InChI=1S/C18H20N6O/c1-19-17-10-20-9-14(22-17)16-7-4-8-24(16)18(25)11-23-12-21-13-5-2-3-6-15(13)23/h2-3,5-6,9-10,12,16H,4,7-8,11H2,1H3,(H,19,22). The minimum atomic E-state index is -0.0110. The number of benzene rings is 1. The number of carbonyl (C=O) groups is 1. The van der Waals surface area contributed by atoms with Crippen LogP contribution >= 0.6 is 0 Å². The Morgan fingerprint density at radius 2 is 2.20 bits per heavy atom. The number of carbonyl (C=O) groups excluding carboxylic acids is 1. The number of hydrogen-bond donors (Lipinski definition) is 1. The minimum absolute atomic E-state index is 0.0110. The van der Waals surface area contributed by atoms with Crippen molar-refractivity contribution in [3.8, 4) is 0 Å². The molecule has 1 atom stereocenters. The number of fused-ring (bicyclic) bond motifs is 1. The van der Waals surface area contributed by atoms with Crippen molar-refractivity contribution in [3.05, 3.63) is 48.7 Å². The van der Waals surface area contributed by atoms with Crippen LogP contribution in [0.25, 0.3) is 11.0 Å². The normalized spacial score (nSPS) is 17.2. The van der Waals surface area contributed by atoms with Gasteiger partial charge in [-0.05, 0) is 25.0 Å². The molecular weight excluding hydrogens is 316 g/mol. The van der Waals surface area contributed by atoms with Gasteiger partial charge in [-0.2, -0.15) is 0 Å². The number of imidazole rings is 1. The SMILES string of the molecule is CNc1cncc(C2CCCN2C(=O)Cn2cnc3ccccc32)n1. The molecule has 0 bridgehead atoms. The summed E-state index contributed by atoms with van der Waals surface area (Å²) in [6.45, 7) is 1.04. The molecule has 1 unspecified atom stereocenters. The Labute approximate surface area is 145 Å². The molecule has 1 saturated heterocycles. The smallest absolute Gasteiger partial charge is 0.243 e. The molecule has 1 fully saturated rings. The second kappa shape index (κ2) is 6.51. The maximum absolute atomic E-state index is 12.9. The average molecular weight is 336 g/mol. The Balaban J connectivity index is 1.56.